The maximum atomic E-state index is 13.4. The number of anilines is 1. The summed E-state index contributed by atoms with van der Waals surface area (Å²) < 4.78 is 2.13. The molecule has 4 rings (SSSR count). The molecular weight excluding hydrogens is 442 g/mol. The lowest BCUT2D eigenvalue weighted by atomic mass is 10.0. The lowest BCUT2D eigenvalue weighted by Crippen LogP contribution is -2.54. The SMILES string of the molecule is CCc1ccc(-n2c(C)cc(/C=C3\C(=O)NC(=S)N(c4ccc(C(C)C)cc4)C3=O)c2C)cc1. The summed E-state index contributed by atoms with van der Waals surface area (Å²) in [5.74, 6) is -0.535. The topological polar surface area (TPSA) is 54.3 Å². The van der Waals surface area contributed by atoms with Crippen LogP contribution in [-0.4, -0.2) is 21.5 Å². The molecule has 34 heavy (non-hydrogen) atoms. The molecule has 0 bridgehead atoms. The van der Waals surface area contributed by atoms with E-state index in [1.165, 1.54) is 16.0 Å². The van der Waals surface area contributed by atoms with Gasteiger partial charge in [0, 0.05) is 17.1 Å². The largest absolute Gasteiger partial charge is 0.318 e. The van der Waals surface area contributed by atoms with Crippen LogP contribution in [0.5, 0.6) is 0 Å². The zero-order chi connectivity index (χ0) is 24.6. The third-order valence-electron chi connectivity index (χ3n) is 6.29. The number of nitrogens with one attached hydrogen (secondary N) is 1. The molecule has 1 N–H and O–H groups in total. The summed E-state index contributed by atoms with van der Waals surface area (Å²) in [6, 6.07) is 18.1. The van der Waals surface area contributed by atoms with E-state index >= 15 is 0 Å². The standard InChI is InChI=1S/C28H29N3O2S/c1-6-20-7-11-23(12-8-20)30-18(4)15-22(19(30)5)16-25-26(32)29-28(34)31(27(25)33)24-13-9-21(10-14-24)17(2)3/h7-17H,6H2,1-5H3,(H,29,32,34)/b25-16+. The molecule has 5 nitrogen and oxygen atoms in total. The van der Waals surface area contributed by atoms with Crippen molar-refractivity contribution in [2.24, 2.45) is 0 Å². The van der Waals surface area contributed by atoms with Gasteiger partial charge in [-0.15, -0.1) is 0 Å². The molecule has 0 aliphatic carbocycles. The van der Waals surface area contributed by atoms with E-state index in [4.69, 9.17) is 12.2 Å². The number of nitrogens with zero attached hydrogens (tertiary/aromatic N) is 2. The first kappa shape index (κ1) is 23.6. The van der Waals surface area contributed by atoms with Crippen LogP contribution in [0.15, 0.2) is 60.2 Å². The first-order chi connectivity index (χ1) is 16.2. The summed E-state index contributed by atoms with van der Waals surface area (Å²) in [5, 5.41) is 2.76. The van der Waals surface area contributed by atoms with Crippen LogP contribution < -0.4 is 10.2 Å². The molecule has 0 saturated carbocycles. The van der Waals surface area contributed by atoms with Gasteiger partial charge < -0.3 is 4.57 Å². The Labute approximate surface area is 206 Å². The average Bonchev–Trinajstić information content (AvgIpc) is 3.09. The molecule has 174 valence electrons. The van der Waals surface area contributed by atoms with Gasteiger partial charge in [-0.1, -0.05) is 45.0 Å². The number of carbonyl (C=O) groups is 2. The van der Waals surface area contributed by atoms with Crippen molar-refractivity contribution in [3.05, 3.63) is 88.2 Å². The fraction of sp³-hybridized carbons (Fsp3) is 0.250. The minimum Gasteiger partial charge on any atom is -0.318 e. The Balaban J connectivity index is 1.71. The summed E-state index contributed by atoms with van der Waals surface area (Å²) in [6.07, 6.45) is 2.64. The lowest BCUT2D eigenvalue weighted by molar-refractivity contribution is -0.122. The van der Waals surface area contributed by atoms with E-state index in [1.807, 2.05) is 44.2 Å². The quantitative estimate of drug-likeness (QED) is 0.299. The van der Waals surface area contributed by atoms with Gasteiger partial charge in [-0.25, -0.2) is 0 Å². The highest BCUT2D eigenvalue weighted by Gasteiger charge is 2.34. The van der Waals surface area contributed by atoms with E-state index in [0.717, 1.165) is 29.1 Å². The summed E-state index contributed by atoms with van der Waals surface area (Å²) >= 11 is 5.34. The number of carbonyl (C=O) groups excluding carboxylic acids is 2. The first-order valence-electron chi connectivity index (χ1n) is 11.5. The van der Waals surface area contributed by atoms with Crippen molar-refractivity contribution in [2.45, 2.75) is 47.0 Å². The molecule has 1 aromatic heterocycles. The lowest BCUT2D eigenvalue weighted by Gasteiger charge is -2.29. The normalized spacial score (nSPS) is 15.4. The van der Waals surface area contributed by atoms with E-state index in [9.17, 15) is 9.59 Å². The molecule has 1 aliphatic heterocycles. The average molecular weight is 472 g/mol. The van der Waals surface area contributed by atoms with E-state index in [2.05, 4.69) is 54.9 Å². The summed E-state index contributed by atoms with van der Waals surface area (Å²) in [7, 11) is 0. The Bertz CT molecular complexity index is 1300. The predicted octanol–water partition coefficient (Wildman–Crippen LogP) is 5.61. The van der Waals surface area contributed by atoms with Crippen LogP contribution in [0.2, 0.25) is 0 Å². The predicted molar refractivity (Wildman–Crippen MR) is 141 cm³/mol. The minimum absolute atomic E-state index is 0.0584. The van der Waals surface area contributed by atoms with Gasteiger partial charge in [0.2, 0.25) is 0 Å². The molecule has 0 radical (unpaired) electrons. The molecule has 0 spiro atoms. The number of hydrogen-bond acceptors (Lipinski definition) is 3. The Morgan fingerprint density at radius 2 is 1.59 bits per heavy atom. The van der Waals surface area contributed by atoms with Crippen molar-refractivity contribution in [2.75, 3.05) is 4.90 Å². The molecule has 0 unspecified atom stereocenters. The number of rotatable bonds is 5. The van der Waals surface area contributed by atoms with Crippen molar-refractivity contribution in [3.63, 3.8) is 0 Å². The molecule has 1 aliphatic rings. The molecule has 0 atom stereocenters. The van der Waals surface area contributed by atoms with Gasteiger partial charge in [-0.05, 0) is 91.5 Å². The molecule has 2 amide bonds. The highest BCUT2D eigenvalue weighted by molar-refractivity contribution is 7.80. The van der Waals surface area contributed by atoms with Crippen LogP contribution >= 0.6 is 12.2 Å². The first-order valence-corrected chi connectivity index (χ1v) is 11.9. The summed E-state index contributed by atoms with van der Waals surface area (Å²) in [4.78, 5) is 27.6. The van der Waals surface area contributed by atoms with E-state index in [0.29, 0.717) is 11.6 Å². The molecule has 1 saturated heterocycles. The number of hydrogen-bond donors (Lipinski definition) is 1. The summed E-state index contributed by atoms with van der Waals surface area (Å²) in [5.41, 5.74) is 6.97. The van der Waals surface area contributed by atoms with Crippen LogP contribution in [-0.2, 0) is 16.0 Å². The van der Waals surface area contributed by atoms with Crippen LogP contribution in [0.1, 0.15) is 54.8 Å². The van der Waals surface area contributed by atoms with Gasteiger partial charge in [-0.2, -0.15) is 0 Å². The van der Waals surface area contributed by atoms with Gasteiger partial charge in [0.1, 0.15) is 5.57 Å². The zero-order valence-electron chi connectivity index (χ0n) is 20.2. The Kier molecular flexibility index (Phi) is 6.53. The van der Waals surface area contributed by atoms with Crippen LogP contribution in [0.3, 0.4) is 0 Å². The summed E-state index contributed by atoms with van der Waals surface area (Å²) in [6.45, 7) is 10.4. The Morgan fingerprint density at radius 3 is 2.18 bits per heavy atom. The van der Waals surface area contributed by atoms with Crippen LogP contribution in [0, 0.1) is 13.8 Å². The van der Waals surface area contributed by atoms with Crippen LogP contribution in [0.25, 0.3) is 11.8 Å². The van der Waals surface area contributed by atoms with Gasteiger partial charge in [0.05, 0.1) is 5.69 Å². The molecule has 1 fully saturated rings. The fourth-order valence-electron chi connectivity index (χ4n) is 4.27. The van der Waals surface area contributed by atoms with Crippen LogP contribution in [0.4, 0.5) is 5.69 Å². The van der Waals surface area contributed by atoms with E-state index < -0.39 is 11.8 Å². The zero-order valence-corrected chi connectivity index (χ0v) is 21.0. The molecular formula is C28H29N3O2S. The highest BCUT2D eigenvalue weighted by atomic mass is 32.1. The third-order valence-corrected chi connectivity index (χ3v) is 6.58. The van der Waals surface area contributed by atoms with Gasteiger partial charge in [-0.3, -0.25) is 19.8 Å². The van der Waals surface area contributed by atoms with E-state index in [-0.39, 0.29) is 10.7 Å². The number of benzene rings is 2. The van der Waals surface area contributed by atoms with Gasteiger partial charge in [0.15, 0.2) is 5.11 Å². The molecule has 2 aromatic carbocycles. The number of thiocarbonyl (C=S) groups is 1. The van der Waals surface area contributed by atoms with Gasteiger partial charge in [0.25, 0.3) is 11.8 Å². The van der Waals surface area contributed by atoms with Crippen molar-refractivity contribution in [1.82, 2.24) is 9.88 Å². The van der Waals surface area contributed by atoms with Crippen molar-refractivity contribution in [3.8, 4) is 5.69 Å². The van der Waals surface area contributed by atoms with Crippen molar-refractivity contribution in [1.29, 1.82) is 0 Å². The maximum absolute atomic E-state index is 13.4. The molecule has 3 aromatic rings. The molecule has 6 heteroatoms. The smallest absolute Gasteiger partial charge is 0.270 e. The second kappa shape index (κ2) is 9.39. The maximum Gasteiger partial charge on any atom is 0.270 e. The van der Waals surface area contributed by atoms with E-state index in [1.54, 1.807) is 6.08 Å². The second-order valence-corrected chi connectivity index (χ2v) is 9.27. The Hall–Kier alpha value is -3.51. The highest BCUT2D eigenvalue weighted by Crippen LogP contribution is 2.27. The third kappa shape index (κ3) is 4.33. The minimum atomic E-state index is -0.484. The second-order valence-electron chi connectivity index (χ2n) is 8.89. The van der Waals surface area contributed by atoms with Gasteiger partial charge >= 0.3 is 0 Å². The number of amides is 2. The van der Waals surface area contributed by atoms with Crippen molar-refractivity contribution < 1.29 is 9.59 Å². The fourth-order valence-corrected chi connectivity index (χ4v) is 4.55. The number of aryl methyl sites for hydroxylation is 2. The Morgan fingerprint density at radius 1 is 0.971 bits per heavy atom. The monoisotopic (exact) mass is 471 g/mol. The van der Waals surface area contributed by atoms with Crippen molar-refractivity contribution >= 4 is 40.9 Å². The molecule has 2 heterocycles. The number of aromatic nitrogens is 1.